The van der Waals surface area contributed by atoms with Gasteiger partial charge in [0.25, 0.3) is 0 Å². The van der Waals surface area contributed by atoms with Crippen molar-refractivity contribution in [1.82, 2.24) is 19.7 Å². The van der Waals surface area contributed by atoms with Crippen LogP contribution in [0.25, 0.3) is 0 Å². The van der Waals surface area contributed by atoms with Crippen LogP contribution in [0, 0.1) is 0 Å². The van der Waals surface area contributed by atoms with Crippen LogP contribution in [-0.2, 0) is 23.1 Å². The Morgan fingerprint density at radius 1 is 1.53 bits per heavy atom. The van der Waals surface area contributed by atoms with Gasteiger partial charge in [-0.25, -0.2) is 4.98 Å². The second-order valence-electron chi connectivity index (χ2n) is 5.96. The summed E-state index contributed by atoms with van der Waals surface area (Å²) in [5, 5.41) is 4.05. The molecule has 1 fully saturated rings. The molecule has 6 nitrogen and oxygen atoms in total. The van der Waals surface area contributed by atoms with E-state index in [0.29, 0.717) is 6.54 Å². The molecule has 1 aliphatic rings. The molecule has 6 heteroatoms. The molecular formula is C13H22N4O2. The van der Waals surface area contributed by atoms with Crippen LogP contribution in [0.5, 0.6) is 0 Å². The molecule has 0 saturated carbocycles. The minimum absolute atomic E-state index is 0.132. The second-order valence-corrected chi connectivity index (χ2v) is 5.96. The summed E-state index contributed by atoms with van der Waals surface area (Å²) < 4.78 is 7.22. The number of ether oxygens (including phenoxy) is 1. The minimum Gasteiger partial charge on any atom is -0.459 e. The third-order valence-electron chi connectivity index (χ3n) is 3.19. The van der Waals surface area contributed by atoms with E-state index in [1.807, 2.05) is 27.8 Å². The highest BCUT2D eigenvalue weighted by molar-refractivity contribution is 5.76. The van der Waals surface area contributed by atoms with Gasteiger partial charge in [-0.3, -0.25) is 14.4 Å². The van der Waals surface area contributed by atoms with Gasteiger partial charge in [0, 0.05) is 7.05 Å². The van der Waals surface area contributed by atoms with Crippen LogP contribution in [0.3, 0.4) is 0 Å². The van der Waals surface area contributed by atoms with Crippen molar-refractivity contribution >= 4 is 5.97 Å². The molecule has 0 unspecified atom stereocenters. The predicted octanol–water partition coefficient (Wildman–Crippen LogP) is 1.12. The van der Waals surface area contributed by atoms with Crippen LogP contribution in [0.1, 0.15) is 39.4 Å². The lowest BCUT2D eigenvalue weighted by Crippen LogP contribution is -2.40. The van der Waals surface area contributed by atoms with Gasteiger partial charge in [0.2, 0.25) is 0 Å². The topological polar surface area (TPSA) is 60.2 Å². The molecular weight excluding hydrogens is 244 g/mol. The van der Waals surface area contributed by atoms with Crippen molar-refractivity contribution < 1.29 is 9.53 Å². The molecule has 0 amide bonds. The third-order valence-corrected chi connectivity index (χ3v) is 3.19. The van der Waals surface area contributed by atoms with E-state index >= 15 is 0 Å². The number of nitrogens with zero attached hydrogens (tertiary/aromatic N) is 4. The first kappa shape index (κ1) is 14.0. The van der Waals surface area contributed by atoms with E-state index in [1.54, 1.807) is 4.68 Å². The molecule has 1 aromatic heterocycles. The molecule has 0 radical (unpaired) electrons. The fourth-order valence-corrected chi connectivity index (χ4v) is 2.30. The van der Waals surface area contributed by atoms with Crippen molar-refractivity contribution in [2.45, 2.75) is 51.8 Å². The van der Waals surface area contributed by atoms with E-state index < -0.39 is 5.60 Å². The maximum Gasteiger partial charge on any atom is 0.323 e. The molecule has 0 aliphatic carbocycles. The number of carbonyl (C=O) groups excluding carboxylic acids is 1. The summed E-state index contributed by atoms with van der Waals surface area (Å²) in [6, 6.07) is -0.157. The molecule has 0 N–H and O–H groups in total. The maximum atomic E-state index is 12.2. The standard InChI is InChI=1S/C13H22N4O2/c1-13(2,3)19-12(18)10-6-5-7-17(10)8-11-14-9-15-16(11)4/h9-10H,5-8H2,1-4H3/t10-/m1/s1. The molecule has 2 rings (SSSR count). The number of likely N-dealkylation sites (tertiary alicyclic amines) is 1. The highest BCUT2D eigenvalue weighted by Crippen LogP contribution is 2.22. The van der Waals surface area contributed by atoms with E-state index in [-0.39, 0.29) is 12.0 Å². The minimum atomic E-state index is -0.434. The number of aryl methyl sites for hydroxylation is 1. The average molecular weight is 266 g/mol. The van der Waals surface area contributed by atoms with E-state index in [2.05, 4.69) is 15.0 Å². The summed E-state index contributed by atoms with van der Waals surface area (Å²) in [5.41, 5.74) is -0.434. The summed E-state index contributed by atoms with van der Waals surface area (Å²) in [7, 11) is 1.86. The summed E-state index contributed by atoms with van der Waals surface area (Å²) in [4.78, 5) is 18.5. The first-order valence-electron chi connectivity index (χ1n) is 6.66. The zero-order chi connectivity index (χ0) is 14.0. The zero-order valence-electron chi connectivity index (χ0n) is 12.1. The van der Waals surface area contributed by atoms with Gasteiger partial charge in [0.1, 0.15) is 23.8 Å². The van der Waals surface area contributed by atoms with Crippen LogP contribution in [0.15, 0.2) is 6.33 Å². The summed E-state index contributed by atoms with van der Waals surface area (Å²) in [6.07, 6.45) is 3.41. The van der Waals surface area contributed by atoms with Crippen LogP contribution in [0.2, 0.25) is 0 Å². The lowest BCUT2D eigenvalue weighted by Gasteiger charge is -2.26. The number of rotatable bonds is 3. The van der Waals surface area contributed by atoms with Gasteiger partial charge in [-0.05, 0) is 40.2 Å². The van der Waals surface area contributed by atoms with E-state index in [4.69, 9.17) is 4.74 Å². The Morgan fingerprint density at radius 3 is 2.84 bits per heavy atom. The molecule has 1 aliphatic heterocycles. The van der Waals surface area contributed by atoms with Gasteiger partial charge in [-0.2, -0.15) is 5.10 Å². The molecule has 1 atom stereocenters. The van der Waals surface area contributed by atoms with Gasteiger partial charge in [0.15, 0.2) is 0 Å². The summed E-state index contributed by atoms with van der Waals surface area (Å²) in [5.74, 6) is 0.739. The predicted molar refractivity (Wildman–Crippen MR) is 70.3 cm³/mol. The fourth-order valence-electron chi connectivity index (χ4n) is 2.30. The molecule has 1 aromatic rings. The summed E-state index contributed by atoms with van der Waals surface area (Å²) >= 11 is 0. The lowest BCUT2D eigenvalue weighted by atomic mass is 10.1. The van der Waals surface area contributed by atoms with Crippen molar-refractivity contribution in [3.05, 3.63) is 12.2 Å². The van der Waals surface area contributed by atoms with Gasteiger partial charge in [-0.1, -0.05) is 0 Å². The number of carbonyl (C=O) groups is 1. The lowest BCUT2D eigenvalue weighted by molar-refractivity contribution is -0.160. The highest BCUT2D eigenvalue weighted by atomic mass is 16.6. The van der Waals surface area contributed by atoms with Crippen LogP contribution in [-0.4, -0.2) is 43.8 Å². The quantitative estimate of drug-likeness (QED) is 0.767. The Kier molecular flexibility index (Phi) is 3.89. The Morgan fingerprint density at radius 2 is 2.26 bits per heavy atom. The largest absolute Gasteiger partial charge is 0.459 e. The molecule has 19 heavy (non-hydrogen) atoms. The Hall–Kier alpha value is -1.43. The highest BCUT2D eigenvalue weighted by Gasteiger charge is 2.34. The molecule has 106 valence electrons. The maximum absolute atomic E-state index is 12.2. The smallest absolute Gasteiger partial charge is 0.323 e. The average Bonchev–Trinajstić information content (AvgIpc) is 2.87. The zero-order valence-corrected chi connectivity index (χ0v) is 12.1. The molecule has 0 aromatic carbocycles. The molecule has 0 bridgehead atoms. The van der Waals surface area contributed by atoms with Crippen molar-refractivity contribution in [2.24, 2.45) is 7.05 Å². The van der Waals surface area contributed by atoms with E-state index in [9.17, 15) is 4.79 Å². The van der Waals surface area contributed by atoms with Crippen LogP contribution >= 0.6 is 0 Å². The van der Waals surface area contributed by atoms with E-state index in [0.717, 1.165) is 25.2 Å². The number of hydrogen-bond donors (Lipinski definition) is 0. The molecule has 1 saturated heterocycles. The number of esters is 1. The monoisotopic (exact) mass is 266 g/mol. The summed E-state index contributed by atoms with van der Waals surface area (Å²) in [6.45, 7) is 7.23. The van der Waals surface area contributed by atoms with Gasteiger partial charge in [-0.15, -0.1) is 0 Å². The van der Waals surface area contributed by atoms with Crippen molar-refractivity contribution in [3.8, 4) is 0 Å². The SMILES string of the molecule is Cn1ncnc1CN1CCC[C@@H]1C(=O)OC(C)(C)C. The van der Waals surface area contributed by atoms with E-state index in [1.165, 1.54) is 6.33 Å². The molecule has 2 heterocycles. The first-order chi connectivity index (χ1) is 8.87. The number of hydrogen-bond acceptors (Lipinski definition) is 5. The van der Waals surface area contributed by atoms with Crippen molar-refractivity contribution in [2.75, 3.05) is 6.54 Å². The third kappa shape index (κ3) is 3.53. The molecule has 0 spiro atoms. The fraction of sp³-hybridized carbons (Fsp3) is 0.769. The second kappa shape index (κ2) is 5.28. The first-order valence-corrected chi connectivity index (χ1v) is 6.66. The van der Waals surface area contributed by atoms with Gasteiger partial charge < -0.3 is 4.74 Å². The van der Waals surface area contributed by atoms with Gasteiger partial charge >= 0.3 is 5.97 Å². The van der Waals surface area contributed by atoms with Crippen molar-refractivity contribution in [1.29, 1.82) is 0 Å². The van der Waals surface area contributed by atoms with Crippen LogP contribution in [0.4, 0.5) is 0 Å². The van der Waals surface area contributed by atoms with Gasteiger partial charge in [0.05, 0.1) is 6.54 Å². The Balaban J connectivity index is 2.01. The Bertz CT molecular complexity index is 450. The normalized spacial score (nSPS) is 20.7. The van der Waals surface area contributed by atoms with Crippen molar-refractivity contribution in [3.63, 3.8) is 0 Å². The Labute approximate surface area is 113 Å². The number of aromatic nitrogens is 3. The van der Waals surface area contributed by atoms with Crippen LogP contribution < -0.4 is 0 Å².